The molecular weight excluding hydrogens is 312 g/mol. The molecule has 7 heteroatoms. The van der Waals surface area contributed by atoms with E-state index in [0.717, 1.165) is 23.8 Å². The van der Waals surface area contributed by atoms with E-state index in [4.69, 9.17) is 0 Å². The number of nitrogens with zero attached hydrogens (tertiary/aromatic N) is 1. The molecular formula is C13H14N2O2S3-2. The number of hydrogen-bond acceptors (Lipinski definition) is 7. The summed E-state index contributed by atoms with van der Waals surface area (Å²) in [7, 11) is 0. The Morgan fingerprint density at radius 2 is 1.75 bits per heavy atom. The van der Waals surface area contributed by atoms with E-state index in [0.29, 0.717) is 0 Å². The van der Waals surface area contributed by atoms with Crippen LogP contribution in [0.5, 0.6) is 0 Å². The maximum absolute atomic E-state index is 4.64. The maximum Gasteiger partial charge on any atom is 0.133 e. The molecule has 3 heterocycles. The second-order valence-electron chi connectivity index (χ2n) is 3.80. The van der Waals surface area contributed by atoms with Gasteiger partial charge in [-0.1, -0.05) is 12.1 Å². The van der Waals surface area contributed by atoms with Crippen LogP contribution in [-0.2, 0) is 13.1 Å². The van der Waals surface area contributed by atoms with Crippen molar-refractivity contribution in [3.63, 3.8) is 0 Å². The molecule has 0 amide bonds. The van der Waals surface area contributed by atoms with Crippen molar-refractivity contribution in [2.75, 3.05) is 0 Å². The molecule has 0 fully saturated rings. The fourth-order valence-electron chi connectivity index (χ4n) is 1.63. The largest absolute Gasteiger partial charge is 0.870 e. The first-order valence-electron chi connectivity index (χ1n) is 5.63. The van der Waals surface area contributed by atoms with Crippen LogP contribution in [-0.4, -0.2) is 15.9 Å². The molecule has 0 bridgehead atoms. The third-order valence-electron chi connectivity index (χ3n) is 2.47. The van der Waals surface area contributed by atoms with Crippen molar-refractivity contribution < 1.29 is 11.0 Å². The zero-order valence-electron chi connectivity index (χ0n) is 10.5. The normalized spacial score (nSPS) is 9.80. The van der Waals surface area contributed by atoms with Gasteiger partial charge in [-0.2, -0.15) is 0 Å². The van der Waals surface area contributed by atoms with Crippen LogP contribution < -0.4 is 5.32 Å². The molecule has 3 N–H and O–H groups in total. The van der Waals surface area contributed by atoms with Gasteiger partial charge in [-0.25, -0.2) is 4.98 Å². The standard InChI is InChI=1S/C13H12N2S3.2H2O/c1-3-11(16-5-1)8-14-7-10-9-18-13(15-10)12-4-2-6-17-12;;/h1-6,9,14H,7-8H2;2*1H2/p-2. The van der Waals surface area contributed by atoms with E-state index in [9.17, 15) is 0 Å². The first kappa shape index (κ1) is 17.0. The molecule has 0 aromatic carbocycles. The molecule has 0 unspecified atom stereocenters. The summed E-state index contributed by atoms with van der Waals surface area (Å²) in [5, 5.41) is 10.9. The van der Waals surface area contributed by atoms with Crippen molar-refractivity contribution in [1.29, 1.82) is 0 Å². The second-order valence-corrected chi connectivity index (χ2v) is 6.64. The minimum absolute atomic E-state index is 0. The van der Waals surface area contributed by atoms with Crippen LogP contribution in [0.2, 0.25) is 0 Å². The van der Waals surface area contributed by atoms with Gasteiger partial charge < -0.3 is 16.3 Å². The van der Waals surface area contributed by atoms with Crippen molar-refractivity contribution in [2.45, 2.75) is 13.1 Å². The SMILES string of the molecule is [OH-].[OH-].c1csc(CNCc2csc(-c3cccs3)n2)c1. The number of thiophene rings is 2. The molecule has 0 aliphatic rings. The van der Waals surface area contributed by atoms with Gasteiger partial charge in [0.25, 0.3) is 0 Å². The molecule has 3 rings (SSSR count). The van der Waals surface area contributed by atoms with E-state index in [2.05, 4.69) is 50.7 Å². The molecule has 0 aliphatic carbocycles. The Hall–Kier alpha value is -1.09. The first-order valence-corrected chi connectivity index (χ1v) is 8.27. The van der Waals surface area contributed by atoms with Gasteiger partial charge in [0, 0.05) is 23.3 Å². The van der Waals surface area contributed by atoms with Crippen molar-refractivity contribution in [3.05, 3.63) is 51.0 Å². The Labute approximate surface area is 129 Å². The molecule has 0 radical (unpaired) electrons. The highest BCUT2D eigenvalue weighted by molar-refractivity contribution is 7.20. The highest BCUT2D eigenvalue weighted by atomic mass is 32.1. The topological polar surface area (TPSA) is 84.9 Å². The van der Waals surface area contributed by atoms with E-state index in [1.165, 1.54) is 9.75 Å². The molecule has 3 aromatic rings. The highest BCUT2D eigenvalue weighted by Crippen LogP contribution is 2.27. The lowest BCUT2D eigenvalue weighted by molar-refractivity contribution is 0.690. The summed E-state index contributed by atoms with van der Waals surface area (Å²) in [5.74, 6) is 0. The molecule has 0 atom stereocenters. The van der Waals surface area contributed by atoms with Crippen LogP contribution in [0, 0.1) is 0 Å². The molecule has 3 aromatic heterocycles. The van der Waals surface area contributed by atoms with Crippen LogP contribution in [0.25, 0.3) is 9.88 Å². The van der Waals surface area contributed by atoms with Gasteiger partial charge in [0.05, 0.1) is 10.6 Å². The number of rotatable bonds is 5. The maximum atomic E-state index is 4.64. The molecule has 20 heavy (non-hydrogen) atoms. The molecule has 0 saturated carbocycles. The van der Waals surface area contributed by atoms with Crippen LogP contribution in [0.3, 0.4) is 0 Å². The number of thiazole rings is 1. The monoisotopic (exact) mass is 326 g/mol. The van der Waals surface area contributed by atoms with Gasteiger partial charge in [-0.05, 0) is 22.9 Å². The van der Waals surface area contributed by atoms with E-state index in [-0.39, 0.29) is 11.0 Å². The third kappa shape index (κ3) is 4.20. The average molecular weight is 326 g/mol. The summed E-state index contributed by atoms with van der Waals surface area (Å²) in [4.78, 5) is 7.26. The van der Waals surface area contributed by atoms with Gasteiger partial charge >= 0.3 is 0 Å². The number of aromatic nitrogens is 1. The van der Waals surface area contributed by atoms with Crippen LogP contribution >= 0.6 is 34.0 Å². The van der Waals surface area contributed by atoms with Gasteiger partial charge in [-0.15, -0.1) is 34.0 Å². The minimum Gasteiger partial charge on any atom is -0.870 e. The fourth-order valence-corrected chi connectivity index (χ4v) is 3.94. The average Bonchev–Trinajstić information content (AvgIpc) is 3.12. The van der Waals surface area contributed by atoms with Crippen molar-refractivity contribution in [1.82, 2.24) is 10.3 Å². The Balaban J connectivity index is 0.000001000. The van der Waals surface area contributed by atoms with Crippen LogP contribution in [0.1, 0.15) is 10.6 Å². The molecule has 0 saturated heterocycles. The van der Waals surface area contributed by atoms with Gasteiger partial charge in [0.2, 0.25) is 0 Å². The van der Waals surface area contributed by atoms with Gasteiger partial charge in [0.15, 0.2) is 0 Å². The summed E-state index contributed by atoms with van der Waals surface area (Å²) < 4.78 is 0. The second kappa shape index (κ2) is 8.25. The minimum atomic E-state index is 0. The predicted molar refractivity (Wildman–Crippen MR) is 84.2 cm³/mol. The van der Waals surface area contributed by atoms with Crippen molar-refractivity contribution in [3.8, 4) is 9.88 Å². The summed E-state index contributed by atoms with van der Waals surface area (Å²) in [6, 6.07) is 8.41. The quantitative estimate of drug-likeness (QED) is 0.771. The Morgan fingerprint density at radius 1 is 0.950 bits per heavy atom. The zero-order chi connectivity index (χ0) is 12.2. The van der Waals surface area contributed by atoms with Crippen LogP contribution in [0.4, 0.5) is 0 Å². The summed E-state index contributed by atoms with van der Waals surface area (Å²) in [6.45, 7) is 1.75. The summed E-state index contributed by atoms with van der Waals surface area (Å²) in [5.41, 5.74) is 1.12. The number of hydrogen-bond donors (Lipinski definition) is 1. The van der Waals surface area contributed by atoms with E-state index in [1.807, 2.05) is 0 Å². The summed E-state index contributed by atoms with van der Waals surface area (Å²) in [6.07, 6.45) is 0. The van der Waals surface area contributed by atoms with E-state index >= 15 is 0 Å². The number of nitrogens with one attached hydrogen (secondary N) is 1. The van der Waals surface area contributed by atoms with E-state index in [1.54, 1.807) is 34.0 Å². The summed E-state index contributed by atoms with van der Waals surface area (Å²) >= 11 is 5.24. The smallest absolute Gasteiger partial charge is 0.133 e. The third-order valence-corrected chi connectivity index (χ3v) is 5.28. The lowest BCUT2D eigenvalue weighted by Gasteiger charge is -1.99. The lowest BCUT2D eigenvalue weighted by atomic mass is 10.4. The van der Waals surface area contributed by atoms with Crippen molar-refractivity contribution >= 4 is 34.0 Å². The van der Waals surface area contributed by atoms with Gasteiger partial charge in [-0.3, -0.25) is 0 Å². The molecule has 0 aliphatic heterocycles. The van der Waals surface area contributed by atoms with Crippen LogP contribution in [0.15, 0.2) is 40.4 Å². The van der Waals surface area contributed by atoms with E-state index < -0.39 is 0 Å². The fraction of sp³-hybridized carbons (Fsp3) is 0.154. The predicted octanol–water partition coefficient (Wildman–Crippen LogP) is 3.87. The first-order chi connectivity index (χ1) is 8.92. The molecule has 0 spiro atoms. The van der Waals surface area contributed by atoms with Crippen molar-refractivity contribution in [2.24, 2.45) is 0 Å². The Kier molecular flexibility index (Phi) is 7.00. The zero-order valence-corrected chi connectivity index (χ0v) is 13.0. The lowest BCUT2D eigenvalue weighted by Crippen LogP contribution is -2.11. The highest BCUT2D eigenvalue weighted by Gasteiger charge is 2.05. The molecule has 4 nitrogen and oxygen atoms in total. The Bertz CT molecular complexity index is 591. The molecule has 108 valence electrons. The Morgan fingerprint density at radius 3 is 2.45 bits per heavy atom. The van der Waals surface area contributed by atoms with Gasteiger partial charge in [0.1, 0.15) is 5.01 Å².